The van der Waals surface area contributed by atoms with Gasteiger partial charge in [-0.25, -0.2) is 4.98 Å². The van der Waals surface area contributed by atoms with E-state index in [0.717, 1.165) is 11.3 Å². The van der Waals surface area contributed by atoms with Crippen LogP contribution in [-0.2, 0) is 9.53 Å². The molecule has 1 unspecified atom stereocenters. The van der Waals surface area contributed by atoms with Crippen LogP contribution in [-0.4, -0.2) is 62.7 Å². The van der Waals surface area contributed by atoms with Crippen LogP contribution in [0.3, 0.4) is 0 Å². The number of rotatable bonds is 5. The summed E-state index contributed by atoms with van der Waals surface area (Å²) in [5.41, 5.74) is 1.77. The van der Waals surface area contributed by atoms with Crippen LogP contribution in [0.1, 0.15) is 13.8 Å². The summed E-state index contributed by atoms with van der Waals surface area (Å²) in [6, 6.07) is 11.4. The van der Waals surface area contributed by atoms with Crippen molar-refractivity contribution in [3.8, 4) is 11.3 Å². The molecule has 1 amide bonds. The lowest BCUT2D eigenvalue weighted by Gasteiger charge is -2.32. The number of nitrogens with zero attached hydrogens (tertiary/aromatic N) is 5. The second-order valence-electron chi connectivity index (χ2n) is 7.17. The van der Waals surface area contributed by atoms with E-state index in [1.54, 1.807) is 4.52 Å². The van der Waals surface area contributed by atoms with Gasteiger partial charge in [0.15, 0.2) is 0 Å². The average molecular weight is 380 g/mol. The first-order valence-corrected chi connectivity index (χ1v) is 9.53. The Kier molecular flexibility index (Phi) is 5.21. The van der Waals surface area contributed by atoms with E-state index < -0.39 is 0 Å². The Hall–Kier alpha value is -3.00. The molecule has 3 aromatic rings. The molecule has 0 radical (unpaired) electrons. The van der Waals surface area contributed by atoms with Gasteiger partial charge in [0.2, 0.25) is 5.91 Å². The molecule has 1 saturated heterocycles. The minimum absolute atomic E-state index is 0.0737. The summed E-state index contributed by atoms with van der Waals surface area (Å²) in [5, 5.41) is 7.68. The lowest BCUT2D eigenvalue weighted by atomic mass is 10.0. The first kappa shape index (κ1) is 18.4. The second kappa shape index (κ2) is 7.93. The molecular formula is C20H24N6O2. The number of hydrogen-bond donors (Lipinski definition) is 1. The lowest BCUT2D eigenvalue weighted by molar-refractivity contribution is -0.137. The van der Waals surface area contributed by atoms with E-state index in [-0.39, 0.29) is 17.9 Å². The highest BCUT2D eigenvalue weighted by atomic mass is 16.5. The predicted molar refractivity (Wildman–Crippen MR) is 106 cm³/mol. The molecular weight excluding hydrogens is 356 g/mol. The number of nitrogens with one attached hydrogen (secondary N) is 1. The van der Waals surface area contributed by atoms with E-state index in [0.29, 0.717) is 37.9 Å². The van der Waals surface area contributed by atoms with Crippen LogP contribution in [0.2, 0.25) is 0 Å². The second-order valence-corrected chi connectivity index (χ2v) is 7.17. The zero-order valence-electron chi connectivity index (χ0n) is 16.1. The van der Waals surface area contributed by atoms with Crippen LogP contribution < -0.4 is 5.32 Å². The fourth-order valence-electron chi connectivity index (χ4n) is 3.33. The van der Waals surface area contributed by atoms with Crippen LogP contribution in [0.15, 0.2) is 42.7 Å². The van der Waals surface area contributed by atoms with Gasteiger partial charge in [-0.3, -0.25) is 4.79 Å². The standard InChI is InChI=1S/C20H24N6O2/c1-14(2)18(19(27)25-8-10-28-11-9-25)24-17-12-16(15-6-4-3-5-7-15)23-20-21-13-22-26(17)20/h3-7,12-14,18,24H,8-11H2,1-2H3. The first-order chi connectivity index (χ1) is 13.6. The van der Waals surface area contributed by atoms with Gasteiger partial charge in [-0.2, -0.15) is 14.6 Å². The van der Waals surface area contributed by atoms with Crippen molar-refractivity contribution in [2.75, 3.05) is 31.6 Å². The molecule has 0 bridgehead atoms. The van der Waals surface area contributed by atoms with Crippen molar-refractivity contribution in [1.29, 1.82) is 0 Å². The number of fused-ring (bicyclic) bond motifs is 1. The average Bonchev–Trinajstić information content (AvgIpc) is 3.21. The summed E-state index contributed by atoms with van der Waals surface area (Å²) in [7, 11) is 0. The minimum atomic E-state index is -0.378. The molecule has 3 heterocycles. The summed E-state index contributed by atoms with van der Waals surface area (Å²) < 4.78 is 7.01. The lowest BCUT2D eigenvalue weighted by Crippen LogP contribution is -2.50. The number of carbonyl (C=O) groups excluding carboxylic acids is 1. The highest BCUT2D eigenvalue weighted by Crippen LogP contribution is 2.23. The third kappa shape index (κ3) is 3.68. The van der Waals surface area contributed by atoms with E-state index in [4.69, 9.17) is 4.74 Å². The molecule has 146 valence electrons. The van der Waals surface area contributed by atoms with E-state index in [1.165, 1.54) is 6.33 Å². The number of hydrogen-bond acceptors (Lipinski definition) is 6. The van der Waals surface area contributed by atoms with Crippen LogP contribution >= 0.6 is 0 Å². The summed E-state index contributed by atoms with van der Waals surface area (Å²) in [6.45, 7) is 6.47. The van der Waals surface area contributed by atoms with Gasteiger partial charge in [0.1, 0.15) is 18.2 Å². The SMILES string of the molecule is CC(C)C(Nc1cc(-c2ccccc2)nc2ncnn12)C(=O)N1CCOCC1. The molecule has 1 N–H and O–H groups in total. The smallest absolute Gasteiger partial charge is 0.254 e. The highest BCUT2D eigenvalue weighted by molar-refractivity contribution is 5.85. The summed E-state index contributed by atoms with van der Waals surface area (Å²) in [6.07, 6.45) is 1.47. The fraction of sp³-hybridized carbons (Fsp3) is 0.400. The molecule has 28 heavy (non-hydrogen) atoms. The Labute approximate surface area is 163 Å². The minimum Gasteiger partial charge on any atom is -0.378 e. The van der Waals surface area contributed by atoms with Gasteiger partial charge in [-0.1, -0.05) is 44.2 Å². The molecule has 8 heteroatoms. The fourth-order valence-corrected chi connectivity index (χ4v) is 3.33. The third-order valence-corrected chi connectivity index (χ3v) is 4.88. The molecule has 0 saturated carbocycles. The van der Waals surface area contributed by atoms with Crippen molar-refractivity contribution in [3.05, 3.63) is 42.7 Å². The Bertz CT molecular complexity index is 950. The van der Waals surface area contributed by atoms with Gasteiger partial charge in [0.05, 0.1) is 18.9 Å². The van der Waals surface area contributed by atoms with Crippen LogP contribution in [0.25, 0.3) is 17.0 Å². The number of morpholine rings is 1. The third-order valence-electron chi connectivity index (χ3n) is 4.88. The van der Waals surface area contributed by atoms with E-state index >= 15 is 0 Å². The van der Waals surface area contributed by atoms with Crippen molar-refractivity contribution < 1.29 is 9.53 Å². The Balaban J connectivity index is 1.68. The van der Waals surface area contributed by atoms with E-state index in [2.05, 4.69) is 20.4 Å². The van der Waals surface area contributed by atoms with Gasteiger partial charge in [-0.05, 0) is 5.92 Å². The maximum absolute atomic E-state index is 13.1. The number of amides is 1. The first-order valence-electron chi connectivity index (χ1n) is 9.53. The van der Waals surface area contributed by atoms with Crippen molar-refractivity contribution in [3.63, 3.8) is 0 Å². The van der Waals surface area contributed by atoms with E-state index in [1.807, 2.05) is 55.1 Å². The molecule has 1 aliphatic rings. The Morgan fingerprint density at radius 3 is 2.64 bits per heavy atom. The topological polar surface area (TPSA) is 84.7 Å². The normalized spacial score (nSPS) is 15.8. The number of ether oxygens (including phenoxy) is 1. The summed E-state index contributed by atoms with van der Waals surface area (Å²) in [5.74, 6) is 1.36. The maximum atomic E-state index is 13.1. The molecule has 4 rings (SSSR count). The molecule has 2 aromatic heterocycles. The van der Waals surface area contributed by atoms with Crippen molar-refractivity contribution in [2.24, 2.45) is 5.92 Å². The molecule has 0 spiro atoms. The predicted octanol–water partition coefficient (Wildman–Crippen LogP) is 2.09. The largest absolute Gasteiger partial charge is 0.378 e. The van der Waals surface area contributed by atoms with E-state index in [9.17, 15) is 4.79 Å². The Morgan fingerprint density at radius 2 is 1.93 bits per heavy atom. The molecule has 1 aliphatic heterocycles. The van der Waals surface area contributed by atoms with Crippen LogP contribution in [0, 0.1) is 5.92 Å². The zero-order valence-corrected chi connectivity index (χ0v) is 16.1. The zero-order chi connectivity index (χ0) is 19.5. The quantitative estimate of drug-likeness (QED) is 0.730. The van der Waals surface area contributed by atoms with Gasteiger partial charge >= 0.3 is 0 Å². The summed E-state index contributed by atoms with van der Waals surface area (Å²) in [4.78, 5) is 23.8. The van der Waals surface area contributed by atoms with Crippen molar-refractivity contribution in [1.82, 2.24) is 24.5 Å². The highest BCUT2D eigenvalue weighted by Gasteiger charge is 2.29. The van der Waals surface area contributed by atoms with Crippen LogP contribution in [0.5, 0.6) is 0 Å². The molecule has 8 nitrogen and oxygen atoms in total. The van der Waals surface area contributed by atoms with Gasteiger partial charge in [-0.15, -0.1) is 0 Å². The monoisotopic (exact) mass is 380 g/mol. The number of benzene rings is 1. The maximum Gasteiger partial charge on any atom is 0.254 e. The van der Waals surface area contributed by atoms with Crippen molar-refractivity contribution in [2.45, 2.75) is 19.9 Å². The summed E-state index contributed by atoms with van der Waals surface area (Å²) >= 11 is 0. The molecule has 1 atom stereocenters. The van der Waals surface area contributed by atoms with Gasteiger partial charge in [0, 0.05) is 24.7 Å². The molecule has 1 aromatic carbocycles. The molecule has 1 fully saturated rings. The van der Waals surface area contributed by atoms with Gasteiger partial charge in [0.25, 0.3) is 5.78 Å². The molecule has 0 aliphatic carbocycles. The number of anilines is 1. The van der Waals surface area contributed by atoms with Crippen molar-refractivity contribution >= 4 is 17.5 Å². The van der Waals surface area contributed by atoms with Crippen LogP contribution in [0.4, 0.5) is 5.82 Å². The number of carbonyl (C=O) groups is 1. The Morgan fingerprint density at radius 1 is 1.18 bits per heavy atom. The number of aromatic nitrogens is 4. The van der Waals surface area contributed by atoms with Gasteiger partial charge < -0.3 is 15.0 Å².